The highest BCUT2D eigenvalue weighted by Gasteiger charge is 2.29. The zero-order chi connectivity index (χ0) is 17.1. The van der Waals surface area contributed by atoms with Crippen LogP contribution in [0, 0.1) is 0 Å². The number of nitrogens with zero attached hydrogens (tertiary/aromatic N) is 3. The SMILES string of the molecule is C[C@@H]1CN(C(=O)CCC(=O)c2cnn(C)c2)C[C@@H](c2ccsc2)O1. The van der Waals surface area contributed by atoms with E-state index in [9.17, 15) is 9.59 Å². The molecule has 6 nitrogen and oxygen atoms in total. The van der Waals surface area contributed by atoms with E-state index in [-0.39, 0.29) is 36.7 Å². The quantitative estimate of drug-likeness (QED) is 0.779. The monoisotopic (exact) mass is 347 g/mol. The van der Waals surface area contributed by atoms with Crippen molar-refractivity contribution in [3.05, 3.63) is 40.3 Å². The van der Waals surface area contributed by atoms with Crippen molar-refractivity contribution in [3.8, 4) is 0 Å². The molecule has 1 saturated heterocycles. The number of carbonyl (C=O) groups excluding carboxylic acids is 2. The average molecular weight is 347 g/mol. The summed E-state index contributed by atoms with van der Waals surface area (Å²) in [7, 11) is 1.77. The summed E-state index contributed by atoms with van der Waals surface area (Å²) < 4.78 is 7.53. The molecule has 0 aliphatic carbocycles. The largest absolute Gasteiger partial charge is 0.367 e. The van der Waals surface area contributed by atoms with Gasteiger partial charge in [-0.05, 0) is 29.3 Å². The molecule has 3 heterocycles. The number of thiophene rings is 1. The fourth-order valence-corrected chi connectivity index (χ4v) is 3.59. The molecule has 128 valence electrons. The number of ketones is 1. The van der Waals surface area contributed by atoms with E-state index < -0.39 is 0 Å². The Balaban J connectivity index is 1.57. The molecule has 24 heavy (non-hydrogen) atoms. The van der Waals surface area contributed by atoms with Gasteiger partial charge in [-0.25, -0.2) is 0 Å². The second-order valence-corrected chi connectivity index (χ2v) is 6.90. The van der Waals surface area contributed by atoms with Crippen molar-refractivity contribution in [2.24, 2.45) is 7.05 Å². The van der Waals surface area contributed by atoms with Gasteiger partial charge in [0.2, 0.25) is 5.91 Å². The standard InChI is InChI=1S/C17H21N3O3S/c1-12-8-20(10-16(23-12)13-5-6-24-11-13)17(22)4-3-15(21)14-7-18-19(2)9-14/h5-7,9,11-12,16H,3-4,8,10H2,1-2H3/t12-,16+/m1/s1. The molecule has 0 saturated carbocycles. The van der Waals surface area contributed by atoms with Crippen molar-refractivity contribution in [2.75, 3.05) is 13.1 Å². The van der Waals surface area contributed by atoms with Crippen LogP contribution in [0.3, 0.4) is 0 Å². The maximum Gasteiger partial charge on any atom is 0.223 e. The van der Waals surface area contributed by atoms with E-state index in [0.717, 1.165) is 5.56 Å². The molecular weight excluding hydrogens is 326 g/mol. The first-order valence-electron chi connectivity index (χ1n) is 8.00. The minimum Gasteiger partial charge on any atom is -0.367 e. The van der Waals surface area contributed by atoms with Gasteiger partial charge in [0, 0.05) is 32.6 Å². The maximum atomic E-state index is 12.5. The lowest BCUT2D eigenvalue weighted by molar-refractivity contribution is -0.144. The van der Waals surface area contributed by atoms with E-state index in [1.54, 1.807) is 29.3 Å². The molecule has 2 atom stereocenters. The van der Waals surface area contributed by atoms with Gasteiger partial charge in [0.15, 0.2) is 5.78 Å². The molecule has 0 unspecified atom stereocenters. The van der Waals surface area contributed by atoms with Crippen LogP contribution in [-0.2, 0) is 16.6 Å². The highest BCUT2D eigenvalue weighted by atomic mass is 32.1. The summed E-state index contributed by atoms with van der Waals surface area (Å²) in [6.07, 6.45) is 3.54. The third-order valence-electron chi connectivity index (χ3n) is 4.12. The van der Waals surface area contributed by atoms with Crippen molar-refractivity contribution < 1.29 is 14.3 Å². The normalized spacial score (nSPS) is 21.0. The third kappa shape index (κ3) is 3.91. The summed E-state index contributed by atoms with van der Waals surface area (Å²) in [5, 5.41) is 8.05. The van der Waals surface area contributed by atoms with Gasteiger partial charge in [-0.15, -0.1) is 0 Å². The predicted molar refractivity (Wildman–Crippen MR) is 91.0 cm³/mol. The van der Waals surface area contributed by atoms with Gasteiger partial charge in [-0.1, -0.05) is 0 Å². The first-order valence-corrected chi connectivity index (χ1v) is 8.94. The maximum absolute atomic E-state index is 12.5. The van der Waals surface area contributed by atoms with Gasteiger partial charge in [-0.3, -0.25) is 14.3 Å². The van der Waals surface area contributed by atoms with Crippen LogP contribution in [0.1, 0.15) is 41.8 Å². The summed E-state index contributed by atoms with van der Waals surface area (Å²) in [5.41, 5.74) is 1.66. The summed E-state index contributed by atoms with van der Waals surface area (Å²) in [4.78, 5) is 26.4. The smallest absolute Gasteiger partial charge is 0.223 e. The number of morpholine rings is 1. The molecular formula is C17H21N3O3S. The van der Waals surface area contributed by atoms with Gasteiger partial charge in [0.1, 0.15) is 6.10 Å². The second kappa shape index (κ2) is 7.27. The lowest BCUT2D eigenvalue weighted by Crippen LogP contribution is -2.45. The van der Waals surface area contributed by atoms with Crippen LogP contribution in [0.2, 0.25) is 0 Å². The van der Waals surface area contributed by atoms with Gasteiger partial charge >= 0.3 is 0 Å². The fraction of sp³-hybridized carbons (Fsp3) is 0.471. The van der Waals surface area contributed by atoms with Crippen LogP contribution in [0.4, 0.5) is 0 Å². The van der Waals surface area contributed by atoms with Crippen LogP contribution >= 0.6 is 11.3 Å². The Morgan fingerprint density at radius 3 is 2.88 bits per heavy atom. The van der Waals surface area contributed by atoms with Crippen molar-refractivity contribution in [3.63, 3.8) is 0 Å². The molecule has 7 heteroatoms. The van der Waals surface area contributed by atoms with Gasteiger partial charge in [-0.2, -0.15) is 16.4 Å². The zero-order valence-electron chi connectivity index (χ0n) is 13.8. The molecule has 1 amide bonds. The number of rotatable bonds is 5. The second-order valence-electron chi connectivity index (χ2n) is 6.12. The van der Waals surface area contributed by atoms with Crippen LogP contribution in [0.15, 0.2) is 29.2 Å². The Labute approximate surface area is 145 Å². The Kier molecular flexibility index (Phi) is 5.11. The first kappa shape index (κ1) is 16.9. The molecule has 0 aromatic carbocycles. The molecule has 2 aromatic rings. The van der Waals surface area contributed by atoms with Crippen LogP contribution < -0.4 is 0 Å². The van der Waals surface area contributed by atoms with E-state index >= 15 is 0 Å². The summed E-state index contributed by atoms with van der Waals surface area (Å²) >= 11 is 1.62. The van der Waals surface area contributed by atoms with E-state index in [2.05, 4.69) is 10.5 Å². The first-order chi connectivity index (χ1) is 11.5. The Morgan fingerprint density at radius 2 is 2.21 bits per heavy atom. The number of aryl methyl sites for hydroxylation is 1. The van der Waals surface area contributed by atoms with Gasteiger partial charge in [0.05, 0.1) is 24.4 Å². The van der Waals surface area contributed by atoms with E-state index in [1.807, 2.05) is 23.3 Å². The van der Waals surface area contributed by atoms with Gasteiger partial charge < -0.3 is 9.64 Å². The summed E-state index contributed by atoms with van der Waals surface area (Å²) in [6.45, 7) is 3.08. The molecule has 1 fully saturated rings. The number of hydrogen-bond donors (Lipinski definition) is 0. The topological polar surface area (TPSA) is 64.4 Å². The van der Waals surface area contributed by atoms with Crippen molar-refractivity contribution in [2.45, 2.75) is 32.0 Å². The lowest BCUT2D eigenvalue weighted by Gasteiger charge is -2.36. The molecule has 0 bridgehead atoms. The fourth-order valence-electron chi connectivity index (χ4n) is 2.89. The molecule has 1 aliphatic rings. The summed E-state index contributed by atoms with van der Waals surface area (Å²) in [5.74, 6) is -0.0465. The van der Waals surface area contributed by atoms with E-state index in [0.29, 0.717) is 18.7 Å². The Bertz CT molecular complexity index is 710. The Morgan fingerprint density at radius 1 is 1.38 bits per heavy atom. The van der Waals surface area contributed by atoms with Crippen LogP contribution in [0.5, 0.6) is 0 Å². The molecule has 3 rings (SSSR count). The molecule has 2 aromatic heterocycles. The van der Waals surface area contributed by atoms with Crippen molar-refractivity contribution >= 4 is 23.0 Å². The lowest BCUT2D eigenvalue weighted by atomic mass is 10.1. The van der Waals surface area contributed by atoms with Crippen molar-refractivity contribution in [1.29, 1.82) is 0 Å². The third-order valence-corrected chi connectivity index (χ3v) is 4.82. The highest BCUT2D eigenvalue weighted by Crippen LogP contribution is 2.27. The molecule has 0 radical (unpaired) electrons. The number of Topliss-reactive ketones (excluding diaryl/α,β-unsaturated/α-hetero) is 1. The minimum absolute atomic E-state index is 0.00243. The summed E-state index contributed by atoms with van der Waals surface area (Å²) in [6, 6.07) is 2.03. The molecule has 0 N–H and O–H groups in total. The molecule has 1 aliphatic heterocycles. The van der Waals surface area contributed by atoms with Crippen LogP contribution in [0.25, 0.3) is 0 Å². The number of ether oxygens (including phenoxy) is 1. The zero-order valence-corrected chi connectivity index (χ0v) is 14.7. The van der Waals surface area contributed by atoms with Crippen molar-refractivity contribution in [1.82, 2.24) is 14.7 Å². The molecule has 0 spiro atoms. The minimum atomic E-state index is -0.0852. The average Bonchev–Trinajstić information content (AvgIpc) is 3.23. The number of hydrogen-bond acceptors (Lipinski definition) is 5. The van der Waals surface area contributed by atoms with E-state index in [4.69, 9.17) is 4.74 Å². The number of amides is 1. The Hall–Kier alpha value is -1.99. The number of aromatic nitrogens is 2. The number of carbonyl (C=O) groups is 2. The van der Waals surface area contributed by atoms with Crippen LogP contribution in [-0.4, -0.2) is 45.6 Å². The van der Waals surface area contributed by atoms with E-state index in [1.165, 1.54) is 6.20 Å². The highest BCUT2D eigenvalue weighted by molar-refractivity contribution is 7.07. The predicted octanol–water partition coefficient (Wildman–Crippen LogP) is 2.43. The van der Waals surface area contributed by atoms with Gasteiger partial charge in [0.25, 0.3) is 0 Å².